The third-order valence-electron chi connectivity index (χ3n) is 3.03. The van der Waals surface area contributed by atoms with Crippen LogP contribution in [-0.2, 0) is 9.59 Å². The molecule has 1 fully saturated rings. The molecule has 0 aromatic rings. The van der Waals surface area contributed by atoms with E-state index in [0.717, 1.165) is 0 Å². The first-order valence-electron chi connectivity index (χ1n) is 5.09. The largest absolute Gasteiger partial charge is 0.340 e. The Balaban J connectivity index is 2.98. The van der Waals surface area contributed by atoms with Crippen LogP contribution in [0.5, 0.6) is 0 Å². The molecule has 1 rings (SSSR count). The Morgan fingerprint density at radius 3 is 2.43 bits per heavy atom. The molecule has 1 saturated heterocycles. The fraction of sp³-hybridized carbons (Fsp3) is 0.800. The number of carbonyl (C=O) groups excluding carboxylic acids is 2. The van der Waals surface area contributed by atoms with Gasteiger partial charge in [-0.05, 0) is 27.2 Å². The highest BCUT2D eigenvalue weighted by Gasteiger charge is 2.44. The van der Waals surface area contributed by atoms with Crippen LogP contribution in [0.2, 0.25) is 0 Å². The molecule has 1 aliphatic heterocycles. The van der Waals surface area contributed by atoms with Crippen LogP contribution < -0.4 is 5.32 Å². The molecule has 0 radical (unpaired) electrons. The zero-order valence-electron chi connectivity index (χ0n) is 9.26. The van der Waals surface area contributed by atoms with Crippen LogP contribution in [0.4, 0.5) is 0 Å². The molecule has 0 aliphatic carbocycles. The Labute approximate surface area is 84.7 Å². The van der Waals surface area contributed by atoms with E-state index in [-0.39, 0.29) is 17.9 Å². The molecule has 1 heterocycles. The summed E-state index contributed by atoms with van der Waals surface area (Å²) >= 11 is 0. The number of hydrogen-bond donors (Lipinski definition) is 1. The van der Waals surface area contributed by atoms with Gasteiger partial charge < -0.3 is 10.2 Å². The Morgan fingerprint density at radius 2 is 2.00 bits per heavy atom. The molecule has 0 bridgehead atoms. The summed E-state index contributed by atoms with van der Waals surface area (Å²) in [6, 6.07) is -0.341. The molecular weight excluding hydrogens is 180 g/mol. The molecule has 0 saturated carbocycles. The second-order valence-electron chi connectivity index (χ2n) is 3.94. The van der Waals surface area contributed by atoms with Gasteiger partial charge in [0.15, 0.2) is 0 Å². The second kappa shape index (κ2) is 3.59. The number of likely N-dealkylation sites (N-methyl/N-ethyl adjacent to an activating group) is 1. The van der Waals surface area contributed by atoms with E-state index in [1.165, 1.54) is 0 Å². The fourth-order valence-corrected chi connectivity index (χ4v) is 1.72. The maximum atomic E-state index is 12.0. The highest BCUT2D eigenvalue weighted by Crippen LogP contribution is 2.20. The molecule has 4 heteroatoms. The van der Waals surface area contributed by atoms with Gasteiger partial charge in [0, 0.05) is 6.54 Å². The average Bonchev–Trinajstić information content (AvgIpc) is 2.16. The van der Waals surface area contributed by atoms with Crippen LogP contribution in [0.1, 0.15) is 34.1 Å². The summed E-state index contributed by atoms with van der Waals surface area (Å²) in [7, 11) is 0. The second-order valence-corrected chi connectivity index (χ2v) is 3.94. The molecule has 2 atom stereocenters. The van der Waals surface area contributed by atoms with Gasteiger partial charge in [-0.25, -0.2) is 0 Å². The van der Waals surface area contributed by atoms with E-state index in [2.05, 4.69) is 5.32 Å². The maximum Gasteiger partial charge on any atom is 0.248 e. The molecule has 1 aliphatic rings. The molecule has 0 aromatic heterocycles. The van der Waals surface area contributed by atoms with Gasteiger partial charge in [-0.2, -0.15) is 0 Å². The average molecular weight is 198 g/mol. The summed E-state index contributed by atoms with van der Waals surface area (Å²) in [5, 5.41) is 2.78. The van der Waals surface area contributed by atoms with Gasteiger partial charge >= 0.3 is 0 Å². The van der Waals surface area contributed by atoms with E-state index < -0.39 is 5.54 Å². The van der Waals surface area contributed by atoms with Crippen molar-refractivity contribution in [1.82, 2.24) is 10.2 Å². The monoisotopic (exact) mass is 198 g/mol. The third-order valence-corrected chi connectivity index (χ3v) is 3.03. The summed E-state index contributed by atoms with van der Waals surface area (Å²) in [6.45, 7) is 7.92. The van der Waals surface area contributed by atoms with Gasteiger partial charge in [0.2, 0.25) is 11.8 Å². The smallest absolute Gasteiger partial charge is 0.248 e. The summed E-state index contributed by atoms with van der Waals surface area (Å²) in [4.78, 5) is 25.2. The topological polar surface area (TPSA) is 49.4 Å². The van der Waals surface area contributed by atoms with Crippen LogP contribution in [0.3, 0.4) is 0 Å². The van der Waals surface area contributed by atoms with Crippen LogP contribution >= 0.6 is 0 Å². The minimum absolute atomic E-state index is 0.0228. The molecule has 0 aromatic carbocycles. The summed E-state index contributed by atoms with van der Waals surface area (Å²) in [6.07, 6.45) is 0.626. The highest BCUT2D eigenvalue weighted by atomic mass is 16.2. The lowest BCUT2D eigenvalue weighted by molar-refractivity contribution is -0.153. The SMILES string of the molecule is CCN1C(=O)C(C)(CC)NC(=O)C1C. The van der Waals surface area contributed by atoms with Gasteiger partial charge in [-0.1, -0.05) is 6.92 Å². The molecule has 14 heavy (non-hydrogen) atoms. The number of piperazine rings is 1. The molecule has 2 amide bonds. The van der Waals surface area contributed by atoms with Crippen LogP contribution in [0, 0.1) is 0 Å². The standard InChI is InChI=1S/C10H18N2O2/c1-5-10(4)9(14)12(6-2)7(3)8(13)11-10/h7H,5-6H2,1-4H3,(H,11,13). The minimum Gasteiger partial charge on any atom is -0.340 e. The fourth-order valence-electron chi connectivity index (χ4n) is 1.72. The molecule has 0 spiro atoms. The lowest BCUT2D eigenvalue weighted by Crippen LogP contribution is -2.68. The molecule has 4 nitrogen and oxygen atoms in total. The molecule has 1 N–H and O–H groups in total. The van der Waals surface area contributed by atoms with Crippen molar-refractivity contribution < 1.29 is 9.59 Å². The Bertz CT molecular complexity index is 265. The maximum absolute atomic E-state index is 12.0. The zero-order valence-corrected chi connectivity index (χ0v) is 9.26. The normalized spacial score (nSPS) is 33.1. The van der Waals surface area contributed by atoms with Crippen LogP contribution in [0.25, 0.3) is 0 Å². The quantitative estimate of drug-likeness (QED) is 0.703. The predicted molar refractivity (Wildman–Crippen MR) is 53.7 cm³/mol. The Kier molecular flexibility index (Phi) is 2.83. The van der Waals surface area contributed by atoms with Crippen molar-refractivity contribution in [2.45, 2.75) is 45.7 Å². The molecule has 2 unspecified atom stereocenters. The first-order chi connectivity index (χ1) is 6.46. The molecular formula is C10H18N2O2. The minimum atomic E-state index is -0.709. The van der Waals surface area contributed by atoms with Crippen LogP contribution in [0.15, 0.2) is 0 Å². The van der Waals surface area contributed by atoms with Crippen molar-refractivity contribution in [2.75, 3.05) is 6.54 Å². The van der Waals surface area contributed by atoms with Crippen molar-refractivity contribution in [3.63, 3.8) is 0 Å². The number of hydrogen-bond acceptors (Lipinski definition) is 2. The summed E-state index contributed by atoms with van der Waals surface area (Å²) in [5.41, 5.74) is -0.709. The van der Waals surface area contributed by atoms with Gasteiger partial charge in [-0.3, -0.25) is 9.59 Å². The third kappa shape index (κ3) is 1.49. The number of rotatable bonds is 2. The number of nitrogens with one attached hydrogen (secondary N) is 1. The zero-order chi connectivity index (χ0) is 10.9. The van der Waals surface area contributed by atoms with Crippen molar-refractivity contribution in [3.05, 3.63) is 0 Å². The van der Waals surface area contributed by atoms with Gasteiger partial charge in [-0.15, -0.1) is 0 Å². The van der Waals surface area contributed by atoms with Crippen molar-refractivity contribution in [3.8, 4) is 0 Å². The Hall–Kier alpha value is -1.06. The van der Waals surface area contributed by atoms with E-state index in [0.29, 0.717) is 13.0 Å². The first kappa shape index (κ1) is 11.0. The van der Waals surface area contributed by atoms with Gasteiger partial charge in [0.1, 0.15) is 11.6 Å². The van der Waals surface area contributed by atoms with E-state index in [9.17, 15) is 9.59 Å². The lowest BCUT2D eigenvalue weighted by atomic mass is 9.92. The Morgan fingerprint density at radius 1 is 1.43 bits per heavy atom. The van der Waals surface area contributed by atoms with E-state index in [1.54, 1.807) is 18.7 Å². The predicted octanol–water partition coefficient (Wildman–Crippen LogP) is 0.522. The summed E-state index contributed by atoms with van der Waals surface area (Å²) < 4.78 is 0. The number of carbonyl (C=O) groups is 2. The van der Waals surface area contributed by atoms with Gasteiger partial charge in [0.25, 0.3) is 0 Å². The first-order valence-corrected chi connectivity index (χ1v) is 5.09. The van der Waals surface area contributed by atoms with E-state index in [1.807, 2.05) is 13.8 Å². The van der Waals surface area contributed by atoms with Crippen molar-refractivity contribution in [2.24, 2.45) is 0 Å². The molecule has 80 valence electrons. The van der Waals surface area contributed by atoms with Crippen molar-refractivity contribution >= 4 is 11.8 Å². The lowest BCUT2D eigenvalue weighted by Gasteiger charge is -2.42. The number of amides is 2. The van der Waals surface area contributed by atoms with E-state index >= 15 is 0 Å². The number of nitrogens with zero attached hydrogens (tertiary/aromatic N) is 1. The van der Waals surface area contributed by atoms with Crippen LogP contribution in [-0.4, -0.2) is 34.8 Å². The van der Waals surface area contributed by atoms with Gasteiger partial charge in [0.05, 0.1) is 0 Å². The van der Waals surface area contributed by atoms with Crippen molar-refractivity contribution in [1.29, 1.82) is 0 Å². The summed E-state index contributed by atoms with van der Waals surface area (Å²) in [5.74, 6) is -0.0367. The van der Waals surface area contributed by atoms with E-state index in [4.69, 9.17) is 0 Å². The highest BCUT2D eigenvalue weighted by molar-refractivity contribution is 5.99.